The smallest absolute Gasteiger partial charge is 0.236 e. The highest BCUT2D eigenvalue weighted by Gasteiger charge is 2.32. The van der Waals surface area contributed by atoms with Gasteiger partial charge in [-0.05, 0) is 66.1 Å². The monoisotopic (exact) mass is 468 g/mol. The molecule has 0 bridgehead atoms. The van der Waals surface area contributed by atoms with Crippen molar-refractivity contribution in [2.24, 2.45) is 5.92 Å². The highest BCUT2D eigenvalue weighted by molar-refractivity contribution is 7.91. The van der Waals surface area contributed by atoms with Gasteiger partial charge in [0.25, 0.3) is 0 Å². The van der Waals surface area contributed by atoms with Gasteiger partial charge in [0, 0.05) is 18.7 Å². The van der Waals surface area contributed by atoms with E-state index in [2.05, 4.69) is 32.7 Å². The van der Waals surface area contributed by atoms with E-state index >= 15 is 0 Å². The molecule has 0 aliphatic carbocycles. The van der Waals surface area contributed by atoms with Gasteiger partial charge in [-0.3, -0.25) is 0 Å². The molecule has 2 aromatic carbocycles. The van der Waals surface area contributed by atoms with E-state index < -0.39 is 9.84 Å². The fourth-order valence-electron chi connectivity index (χ4n) is 3.99. The number of nitrogens with zero attached hydrogens (tertiary/aromatic N) is 2. The molecule has 1 fully saturated rings. The van der Waals surface area contributed by atoms with Gasteiger partial charge in [0.15, 0.2) is 0 Å². The molecule has 1 aromatic heterocycles. The molecular weight excluding hydrogens is 436 g/mol. The minimum atomic E-state index is -3.88. The maximum absolute atomic E-state index is 13.6. The summed E-state index contributed by atoms with van der Waals surface area (Å²) in [5.41, 5.74) is 1.97. The van der Waals surface area contributed by atoms with Crippen molar-refractivity contribution >= 4 is 15.7 Å². The SMILES string of the molecule is COc1ccc(S(=O)(=O)c2nc(-c3ccc(C(C)(C)C)cc3)oc2N2CCC(C)CC2)cc1. The second-order valence-corrected chi connectivity index (χ2v) is 11.7. The van der Waals surface area contributed by atoms with Gasteiger partial charge >= 0.3 is 0 Å². The van der Waals surface area contributed by atoms with E-state index in [0.29, 0.717) is 23.4 Å². The van der Waals surface area contributed by atoms with Crippen molar-refractivity contribution in [3.05, 3.63) is 54.1 Å². The number of oxazole rings is 1. The van der Waals surface area contributed by atoms with Gasteiger partial charge in [0.2, 0.25) is 26.6 Å². The van der Waals surface area contributed by atoms with E-state index in [1.165, 1.54) is 5.56 Å². The lowest BCUT2D eigenvalue weighted by molar-refractivity contribution is 0.414. The van der Waals surface area contributed by atoms with Crippen LogP contribution in [0.2, 0.25) is 0 Å². The molecule has 1 aliphatic rings. The summed E-state index contributed by atoms with van der Waals surface area (Å²) in [5.74, 6) is 1.85. The Kier molecular flexibility index (Phi) is 6.27. The summed E-state index contributed by atoms with van der Waals surface area (Å²) in [6.07, 6.45) is 1.97. The summed E-state index contributed by atoms with van der Waals surface area (Å²) in [7, 11) is -2.33. The molecule has 7 heteroatoms. The molecule has 1 saturated heterocycles. The van der Waals surface area contributed by atoms with Crippen LogP contribution in [0.5, 0.6) is 5.75 Å². The zero-order chi connectivity index (χ0) is 23.8. The molecule has 33 heavy (non-hydrogen) atoms. The van der Waals surface area contributed by atoms with Crippen LogP contribution in [0.4, 0.5) is 5.88 Å². The second kappa shape index (κ2) is 8.86. The first-order valence-electron chi connectivity index (χ1n) is 11.4. The van der Waals surface area contributed by atoms with Gasteiger partial charge in [0.05, 0.1) is 12.0 Å². The Morgan fingerprint density at radius 2 is 1.61 bits per heavy atom. The van der Waals surface area contributed by atoms with Crippen molar-refractivity contribution in [2.45, 2.75) is 55.9 Å². The maximum atomic E-state index is 13.6. The summed E-state index contributed by atoms with van der Waals surface area (Å²) in [6.45, 7) is 10.2. The Morgan fingerprint density at radius 3 is 2.15 bits per heavy atom. The van der Waals surface area contributed by atoms with Crippen molar-refractivity contribution < 1.29 is 17.6 Å². The molecule has 4 rings (SSSR count). The third-order valence-electron chi connectivity index (χ3n) is 6.27. The normalized spacial score (nSPS) is 15.6. The van der Waals surface area contributed by atoms with E-state index in [9.17, 15) is 8.42 Å². The van der Waals surface area contributed by atoms with Crippen LogP contribution >= 0.6 is 0 Å². The third kappa shape index (κ3) is 4.78. The number of methoxy groups -OCH3 is 1. The number of sulfone groups is 1. The van der Waals surface area contributed by atoms with Crippen LogP contribution in [0, 0.1) is 5.92 Å². The average molecular weight is 469 g/mol. The van der Waals surface area contributed by atoms with Crippen LogP contribution in [0.25, 0.3) is 11.5 Å². The molecule has 176 valence electrons. The van der Waals surface area contributed by atoms with Crippen molar-refractivity contribution in [3.8, 4) is 17.2 Å². The maximum Gasteiger partial charge on any atom is 0.236 e. The number of hydrogen-bond acceptors (Lipinski definition) is 6. The summed E-state index contributed by atoms with van der Waals surface area (Å²) in [4.78, 5) is 6.70. The molecule has 0 saturated carbocycles. The van der Waals surface area contributed by atoms with E-state index in [1.807, 2.05) is 29.2 Å². The van der Waals surface area contributed by atoms with E-state index in [0.717, 1.165) is 31.5 Å². The first-order valence-corrected chi connectivity index (χ1v) is 12.8. The molecule has 0 radical (unpaired) electrons. The molecule has 1 aliphatic heterocycles. The number of anilines is 1. The highest BCUT2D eigenvalue weighted by Crippen LogP contribution is 2.37. The van der Waals surface area contributed by atoms with Crippen molar-refractivity contribution in [2.75, 3.05) is 25.1 Å². The van der Waals surface area contributed by atoms with Gasteiger partial charge < -0.3 is 14.1 Å². The third-order valence-corrected chi connectivity index (χ3v) is 7.94. The number of hydrogen-bond donors (Lipinski definition) is 0. The first-order chi connectivity index (χ1) is 15.6. The standard InChI is InChI=1S/C26H32N2O4S/c1-18-14-16-28(17-15-18)25-24(33(29,30)22-12-10-21(31-5)11-13-22)27-23(32-25)19-6-8-20(9-7-19)26(2,3)4/h6-13,18H,14-17H2,1-5H3. The molecule has 0 atom stereocenters. The quantitative estimate of drug-likeness (QED) is 0.477. The fraction of sp³-hybridized carbons (Fsp3) is 0.423. The largest absolute Gasteiger partial charge is 0.497 e. The number of aromatic nitrogens is 1. The molecular formula is C26H32N2O4S. The number of piperidine rings is 1. The lowest BCUT2D eigenvalue weighted by Crippen LogP contribution is -2.33. The van der Waals surface area contributed by atoms with Gasteiger partial charge in [-0.1, -0.05) is 39.8 Å². The summed E-state index contributed by atoms with van der Waals surface area (Å²) in [6, 6.07) is 14.3. The molecule has 6 nitrogen and oxygen atoms in total. The number of ether oxygens (including phenoxy) is 1. The van der Waals surface area contributed by atoms with Gasteiger partial charge in [-0.25, -0.2) is 8.42 Å². The summed E-state index contributed by atoms with van der Waals surface area (Å²) < 4.78 is 38.5. The predicted octanol–water partition coefficient (Wildman–Crippen LogP) is 5.72. The number of benzene rings is 2. The second-order valence-electron chi connectivity index (χ2n) is 9.81. The molecule has 0 N–H and O–H groups in total. The Hall–Kier alpha value is -2.80. The Labute approximate surface area is 196 Å². The van der Waals surface area contributed by atoms with Crippen LogP contribution in [0.15, 0.2) is 62.9 Å². The van der Waals surface area contributed by atoms with Crippen LogP contribution in [0.1, 0.15) is 46.1 Å². The Balaban J connectivity index is 1.78. The zero-order valence-corrected chi connectivity index (χ0v) is 20.8. The lowest BCUT2D eigenvalue weighted by atomic mass is 9.87. The Bertz CT molecular complexity index is 1200. The van der Waals surface area contributed by atoms with E-state index in [1.54, 1.807) is 31.4 Å². The summed E-state index contributed by atoms with van der Waals surface area (Å²) in [5, 5.41) is -0.0304. The molecule has 0 spiro atoms. The van der Waals surface area contributed by atoms with Crippen LogP contribution in [-0.2, 0) is 15.3 Å². The van der Waals surface area contributed by atoms with E-state index in [4.69, 9.17) is 9.15 Å². The van der Waals surface area contributed by atoms with Crippen molar-refractivity contribution in [1.29, 1.82) is 0 Å². The Morgan fingerprint density at radius 1 is 1.00 bits per heavy atom. The molecule has 3 aromatic rings. The fourth-order valence-corrected chi connectivity index (χ4v) is 5.31. The average Bonchev–Trinajstić information content (AvgIpc) is 3.25. The lowest BCUT2D eigenvalue weighted by Gasteiger charge is -2.30. The molecule has 0 amide bonds. The highest BCUT2D eigenvalue weighted by atomic mass is 32.2. The van der Waals surface area contributed by atoms with Gasteiger partial charge in [-0.15, -0.1) is 0 Å². The van der Waals surface area contributed by atoms with Gasteiger partial charge in [0.1, 0.15) is 5.75 Å². The predicted molar refractivity (Wildman–Crippen MR) is 130 cm³/mol. The van der Waals surface area contributed by atoms with E-state index in [-0.39, 0.29) is 15.3 Å². The van der Waals surface area contributed by atoms with Crippen molar-refractivity contribution in [1.82, 2.24) is 4.98 Å². The minimum Gasteiger partial charge on any atom is -0.497 e. The minimum absolute atomic E-state index is 0.0215. The zero-order valence-electron chi connectivity index (χ0n) is 20.0. The van der Waals surface area contributed by atoms with Gasteiger partial charge in [-0.2, -0.15) is 4.98 Å². The van der Waals surface area contributed by atoms with Crippen molar-refractivity contribution in [3.63, 3.8) is 0 Å². The topological polar surface area (TPSA) is 72.6 Å². The van der Waals surface area contributed by atoms with Crippen LogP contribution in [0.3, 0.4) is 0 Å². The van der Waals surface area contributed by atoms with Crippen LogP contribution in [-0.4, -0.2) is 33.6 Å². The molecule has 0 unspecified atom stereocenters. The first kappa shape index (κ1) is 23.4. The molecule has 2 heterocycles. The number of rotatable bonds is 5. The van der Waals surface area contributed by atoms with Crippen LogP contribution < -0.4 is 9.64 Å². The summed E-state index contributed by atoms with van der Waals surface area (Å²) >= 11 is 0.